The monoisotopic (exact) mass is 205 g/mol. The van der Waals surface area contributed by atoms with Gasteiger partial charge in [-0.05, 0) is 12.1 Å². The zero-order chi connectivity index (χ0) is 11.0. The number of carboxylic acid groups (broad SMARTS) is 2. The average Bonchev–Trinajstić information content (AvgIpc) is 2.56. The smallest absolute Gasteiger partial charge is 0.416 e. The van der Waals surface area contributed by atoms with Crippen LogP contribution in [0.25, 0.3) is 10.9 Å². The van der Waals surface area contributed by atoms with E-state index in [4.69, 9.17) is 10.2 Å². The van der Waals surface area contributed by atoms with E-state index in [9.17, 15) is 9.59 Å². The summed E-state index contributed by atoms with van der Waals surface area (Å²) in [6, 6.07) is 7.95. The van der Waals surface area contributed by atoms with E-state index in [-0.39, 0.29) is 5.69 Å². The van der Waals surface area contributed by atoms with E-state index in [1.54, 1.807) is 24.3 Å². The van der Waals surface area contributed by atoms with Crippen molar-refractivity contribution < 1.29 is 19.8 Å². The van der Waals surface area contributed by atoms with Crippen molar-refractivity contribution in [2.45, 2.75) is 0 Å². The number of hydrogen-bond donors (Lipinski definition) is 2. The van der Waals surface area contributed by atoms with Crippen LogP contribution in [0.4, 0.5) is 4.79 Å². The molecule has 0 aliphatic rings. The first-order valence-corrected chi connectivity index (χ1v) is 4.18. The molecular formula is C10H7NO4. The summed E-state index contributed by atoms with van der Waals surface area (Å²) in [4.78, 5) is 21.7. The first-order chi connectivity index (χ1) is 7.11. The van der Waals surface area contributed by atoms with Crippen LogP contribution in [0.1, 0.15) is 10.5 Å². The maximum Gasteiger partial charge on any atom is 0.416 e. The highest BCUT2D eigenvalue weighted by atomic mass is 16.4. The lowest BCUT2D eigenvalue weighted by molar-refractivity contribution is 0.0685. The Morgan fingerprint density at radius 3 is 2.40 bits per heavy atom. The molecule has 2 N–H and O–H groups in total. The molecular weight excluding hydrogens is 198 g/mol. The van der Waals surface area contributed by atoms with E-state index in [0.29, 0.717) is 10.9 Å². The Morgan fingerprint density at radius 1 is 1.13 bits per heavy atom. The fraction of sp³-hybridized carbons (Fsp3) is 0. The molecule has 0 radical (unpaired) electrons. The molecule has 0 aliphatic heterocycles. The molecule has 2 rings (SSSR count). The molecule has 0 spiro atoms. The minimum Gasteiger partial charge on any atom is -0.477 e. The first kappa shape index (κ1) is 9.26. The molecule has 0 atom stereocenters. The fourth-order valence-corrected chi connectivity index (χ4v) is 1.52. The van der Waals surface area contributed by atoms with E-state index < -0.39 is 12.1 Å². The summed E-state index contributed by atoms with van der Waals surface area (Å²) in [6.07, 6.45) is -1.30. The van der Waals surface area contributed by atoms with Gasteiger partial charge in [0.15, 0.2) is 0 Å². The molecule has 5 nitrogen and oxygen atoms in total. The summed E-state index contributed by atoms with van der Waals surface area (Å²) in [5.41, 5.74) is 0.131. The zero-order valence-corrected chi connectivity index (χ0v) is 7.54. The lowest BCUT2D eigenvalue weighted by Gasteiger charge is -1.99. The van der Waals surface area contributed by atoms with Crippen molar-refractivity contribution in [2.75, 3.05) is 0 Å². The third-order valence-corrected chi connectivity index (χ3v) is 2.12. The molecule has 5 heteroatoms. The van der Waals surface area contributed by atoms with Gasteiger partial charge in [-0.15, -0.1) is 0 Å². The summed E-state index contributed by atoms with van der Waals surface area (Å²) in [7, 11) is 0. The highest BCUT2D eigenvalue weighted by molar-refractivity contribution is 6.00. The van der Waals surface area contributed by atoms with E-state index in [0.717, 1.165) is 4.57 Å². The third-order valence-electron chi connectivity index (χ3n) is 2.12. The van der Waals surface area contributed by atoms with Gasteiger partial charge in [0.2, 0.25) is 0 Å². The van der Waals surface area contributed by atoms with Gasteiger partial charge in [-0.3, -0.25) is 0 Å². The highest BCUT2D eigenvalue weighted by Crippen LogP contribution is 2.19. The predicted octanol–water partition coefficient (Wildman–Crippen LogP) is 1.87. The molecule has 15 heavy (non-hydrogen) atoms. The topological polar surface area (TPSA) is 79.5 Å². The lowest BCUT2D eigenvalue weighted by Crippen LogP contribution is -2.14. The molecule has 1 aromatic carbocycles. The zero-order valence-electron chi connectivity index (χ0n) is 7.54. The second-order valence-electron chi connectivity index (χ2n) is 3.01. The molecule has 0 fully saturated rings. The van der Waals surface area contributed by atoms with Crippen molar-refractivity contribution in [1.29, 1.82) is 0 Å². The van der Waals surface area contributed by atoms with Gasteiger partial charge in [0, 0.05) is 5.39 Å². The van der Waals surface area contributed by atoms with Crippen LogP contribution in [-0.4, -0.2) is 26.8 Å². The van der Waals surface area contributed by atoms with Crippen LogP contribution in [0.2, 0.25) is 0 Å². The molecule has 0 bridgehead atoms. The molecule has 76 valence electrons. The van der Waals surface area contributed by atoms with E-state index in [2.05, 4.69) is 0 Å². The van der Waals surface area contributed by atoms with Crippen molar-refractivity contribution in [3.05, 3.63) is 36.0 Å². The molecule has 0 saturated carbocycles. The Hall–Kier alpha value is -2.30. The van der Waals surface area contributed by atoms with Gasteiger partial charge in [-0.25, -0.2) is 14.2 Å². The van der Waals surface area contributed by atoms with Crippen molar-refractivity contribution in [3.63, 3.8) is 0 Å². The quantitative estimate of drug-likeness (QED) is 0.744. The Balaban J connectivity index is 2.86. The van der Waals surface area contributed by atoms with Gasteiger partial charge in [-0.2, -0.15) is 0 Å². The minimum absolute atomic E-state index is 0.247. The fourth-order valence-electron chi connectivity index (χ4n) is 1.52. The molecule has 2 aromatic rings. The number of hydrogen-bond acceptors (Lipinski definition) is 2. The van der Waals surface area contributed by atoms with Crippen LogP contribution in [0.15, 0.2) is 30.3 Å². The number of carbonyl (C=O) groups is 2. The molecule has 0 amide bonds. The summed E-state index contributed by atoms with van der Waals surface area (Å²) >= 11 is 0. The molecule has 0 unspecified atom stereocenters. The molecule has 1 aromatic heterocycles. The van der Waals surface area contributed by atoms with Crippen molar-refractivity contribution >= 4 is 23.0 Å². The van der Waals surface area contributed by atoms with Crippen LogP contribution < -0.4 is 0 Å². The van der Waals surface area contributed by atoms with Gasteiger partial charge >= 0.3 is 12.1 Å². The number of rotatable bonds is 1. The average molecular weight is 205 g/mol. The number of aromatic carboxylic acids is 1. The third kappa shape index (κ3) is 1.34. The number of para-hydroxylation sites is 1. The molecule has 0 saturated heterocycles. The van der Waals surface area contributed by atoms with Gasteiger partial charge in [0.1, 0.15) is 5.69 Å². The summed E-state index contributed by atoms with van der Waals surface area (Å²) in [6.45, 7) is 0. The standard InChI is InChI=1S/C10H7NO4/c12-9(13)8-5-6-3-1-2-4-7(6)11(8)10(14)15/h1-5H,(H,12,13)(H,14,15). The Kier molecular flexibility index (Phi) is 1.93. The van der Waals surface area contributed by atoms with Crippen LogP contribution in [-0.2, 0) is 0 Å². The van der Waals surface area contributed by atoms with Gasteiger partial charge in [-0.1, -0.05) is 18.2 Å². The summed E-state index contributed by atoms with van der Waals surface area (Å²) < 4.78 is 0.762. The van der Waals surface area contributed by atoms with Crippen LogP contribution in [0, 0.1) is 0 Å². The normalized spacial score (nSPS) is 10.4. The number of carboxylic acids is 1. The van der Waals surface area contributed by atoms with Crippen LogP contribution >= 0.6 is 0 Å². The van der Waals surface area contributed by atoms with Gasteiger partial charge < -0.3 is 10.2 Å². The number of nitrogens with zero attached hydrogens (tertiary/aromatic N) is 1. The van der Waals surface area contributed by atoms with Gasteiger partial charge in [0.25, 0.3) is 0 Å². The Labute approximate surface area is 84.2 Å². The second kappa shape index (κ2) is 3.13. The largest absolute Gasteiger partial charge is 0.477 e. The maximum atomic E-state index is 10.9. The minimum atomic E-state index is -1.30. The van der Waals surface area contributed by atoms with Crippen LogP contribution in [0.5, 0.6) is 0 Å². The first-order valence-electron chi connectivity index (χ1n) is 4.18. The summed E-state index contributed by atoms with van der Waals surface area (Å²) in [5.74, 6) is -1.26. The van der Waals surface area contributed by atoms with E-state index in [1.807, 2.05) is 0 Å². The van der Waals surface area contributed by atoms with Crippen molar-refractivity contribution in [3.8, 4) is 0 Å². The molecule has 1 heterocycles. The van der Waals surface area contributed by atoms with E-state index >= 15 is 0 Å². The lowest BCUT2D eigenvalue weighted by atomic mass is 10.2. The maximum absolute atomic E-state index is 10.9. The summed E-state index contributed by atoms with van der Waals surface area (Å²) in [5, 5.41) is 18.3. The second-order valence-corrected chi connectivity index (χ2v) is 3.01. The highest BCUT2D eigenvalue weighted by Gasteiger charge is 2.18. The number of fused-ring (bicyclic) bond motifs is 1. The van der Waals surface area contributed by atoms with Crippen LogP contribution in [0.3, 0.4) is 0 Å². The van der Waals surface area contributed by atoms with Crippen molar-refractivity contribution in [2.24, 2.45) is 0 Å². The number of aromatic nitrogens is 1. The Bertz CT molecular complexity index is 556. The van der Waals surface area contributed by atoms with E-state index in [1.165, 1.54) is 6.07 Å². The predicted molar refractivity (Wildman–Crippen MR) is 52.3 cm³/mol. The SMILES string of the molecule is O=C(O)c1cc2ccccc2n1C(=O)O. The Morgan fingerprint density at radius 2 is 1.80 bits per heavy atom. The number of benzene rings is 1. The molecule has 0 aliphatic carbocycles. The van der Waals surface area contributed by atoms with Gasteiger partial charge in [0.05, 0.1) is 5.52 Å². The van der Waals surface area contributed by atoms with Crippen molar-refractivity contribution in [1.82, 2.24) is 4.57 Å².